The van der Waals surface area contributed by atoms with E-state index in [1.165, 1.54) is 0 Å². The summed E-state index contributed by atoms with van der Waals surface area (Å²) in [6.07, 6.45) is 1.59. The SMILES string of the molecule is NCc1ccnc(N)n1. The molecule has 0 radical (unpaired) electrons. The molecule has 9 heavy (non-hydrogen) atoms. The van der Waals surface area contributed by atoms with Crippen molar-refractivity contribution < 1.29 is 0 Å². The van der Waals surface area contributed by atoms with Crippen molar-refractivity contribution in [2.45, 2.75) is 6.54 Å². The van der Waals surface area contributed by atoms with Crippen molar-refractivity contribution in [2.24, 2.45) is 5.73 Å². The number of aromatic nitrogens is 2. The Morgan fingerprint density at radius 1 is 1.56 bits per heavy atom. The lowest BCUT2D eigenvalue weighted by Gasteiger charge is -1.93. The van der Waals surface area contributed by atoms with E-state index in [4.69, 9.17) is 11.5 Å². The highest BCUT2D eigenvalue weighted by Crippen LogP contribution is 1.92. The summed E-state index contributed by atoms with van der Waals surface area (Å²) in [5, 5.41) is 0. The first-order valence-corrected chi connectivity index (χ1v) is 2.60. The van der Waals surface area contributed by atoms with Gasteiger partial charge in [-0.05, 0) is 6.07 Å². The normalized spacial score (nSPS) is 9.44. The van der Waals surface area contributed by atoms with Gasteiger partial charge >= 0.3 is 0 Å². The van der Waals surface area contributed by atoms with Crippen LogP contribution < -0.4 is 11.5 Å². The third-order valence-electron chi connectivity index (χ3n) is 0.941. The van der Waals surface area contributed by atoms with Gasteiger partial charge in [-0.1, -0.05) is 0 Å². The molecule has 4 nitrogen and oxygen atoms in total. The number of nitrogens with zero attached hydrogens (tertiary/aromatic N) is 2. The monoisotopic (exact) mass is 124 g/mol. The van der Waals surface area contributed by atoms with Gasteiger partial charge in [0, 0.05) is 12.7 Å². The first-order valence-electron chi connectivity index (χ1n) is 2.60. The molecule has 4 N–H and O–H groups in total. The van der Waals surface area contributed by atoms with Gasteiger partial charge < -0.3 is 11.5 Å². The predicted octanol–water partition coefficient (Wildman–Crippen LogP) is -0.483. The molecule has 0 amide bonds. The third-order valence-corrected chi connectivity index (χ3v) is 0.941. The maximum absolute atomic E-state index is 5.27. The first-order chi connectivity index (χ1) is 4.33. The standard InChI is InChI=1S/C5H8N4/c6-3-4-1-2-8-5(7)9-4/h1-2H,3,6H2,(H2,7,8,9). The fraction of sp³-hybridized carbons (Fsp3) is 0.200. The number of hydrogen-bond acceptors (Lipinski definition) is 4. The number of nitrogens with two attached hydrogens (primary N) is 2. The average molecular weight is 124 g/mol. The molecule has 0 atom stereocenters. The Hall–Kier alpha value is -1.16. The first kappa shape index (κ1) is 5.97. The number of nitrogen functional groups attached to an aromatic ring is 1. The van der Waals surface area contributed by atoms with E-state index in [0.29, 0.717) is 6.54 Å². The lowest BCUT2D eigenvalue weighted by molar-refractivity contribution is 0.972. The minimum absolute atomic E-state index is 0.276. The van der Waals surface area contributed by atoms with Crippen molar-refractivity contribution in [1.29, 1.82) is 0 Å². The Morgan fingerprint density at radius 3 is 2.78 bits per heavy atom. The summed E-state index contributed by atoms with van der Waals surface area (Å²) in [5.41, 5.74) is 11.3. The van der Waals surface area contributed by atoms with Crippen LogP contribution in [0.3, 0.4) is 0 Å². The van der Waals surface area contributed by atoms with E-state index < -0.39 is 0 Å². The molecule has 0 aliphatic rings. The summed E-state index contributed by atoms with van der Waals surface area (Å²) >= 11 is 0. The molecule has 48 valence electrons. The summed E-state index contributed by atoms with van der Waals surface area (Å²) in [4.78, 5) is 7.53. The largest absolute Gasteiger partial charge is 0.368 e. The van der Waals surface area contributed by atoms with Gasteiger partial charge in [-0.25, -0.2) is 9.97 Å². The van der Waals surface area contributed by atoms with E-state index in [0.717, 1.165) is 5.69 Å². The number of anilines is 1. The second-order valence-corrected chi connectivity index (χ2v) is 1.61. The number of hydrogen-bond donors (Lipinski definition) is 2. The average Bonchev–Trinajstić information content (AvgIpc) is 1.88. The predicted molar refractivity (Wildman–Crippen MR) is 34.3 cm³/mol. The minimum Gasteiger partial charge on any atom is -0.368 e. The minimum atomic E-state index is 0.276. The van der Waals surface area contributed by atoms with Crippen LogP contribution in [0.2, 0.25) is 0 Å². The molecule has 1 heterocycles. The second kappa shape index (κ2) is 2.41. The van der Waals surface area contributed by atoms with Crippen molar-refractivity contribution in [2.75, 3.05) is 5.73 Å². The van der Waals surface area contributed by atoms with Crippen LogP contribution >= 0.6 is 0 Å². The maximum Gasteiger partial charge on any atom is 0.220 e. The Labute approximate surface area is 52.9 Å². The zero-order valence-corrected chi connectivity index (χ0v) is 4.91. The molecule has 0 aliphatic heterocycles. The Morgan fingerprint density at radius 2 is 2.33 bits per heavy atom. The van der Waals surface area contributed by atoms with Gasteiger partial charge in [-0.3, -0.25) is 0 Å². The highest BCUT2D eigenvalue weighted by molar-refractivity contribution is 5.16. The van der Waals surface area contributed by atoms with Crippen LogP contribution in [0.25, 0.3) is 0 Å². The van der Waals surface area contributed by atoms with Crippen molar-refractivity contribution in [3.63, 3.8) is 0 Å². The van der Waals surface area contributed by atoms with Gasteiger partial charge in [0.15, 0.2) is 0 Å². The van der Waals surface area contributed by atoms with Crippen LogP contribution in [0.5, 0.6) is 0 Å². The summed E-state index contributed by atoms with van der Waals surface area (Å²) in [6, 6.07) is 1.73. The molecule has 0 spiro atoms. The fourth-order valence-corrected chi connectivity index (χ4v) is 0.527. The van der Waals surface area contributed by atoms with Gasteiger partial charge in [-0.2, -0.15) is 0 Å². The van der Waals surface area contributed by atoms with Crippen LogP contribution in [0.4, 0.5) is 5.95 Å². The van der Waals surface area contributed by atoms with E-state index in [9.17, 15) is 0 Å². The van der Waals surface area contributed by atoms with Crippen molar-refractivity contribution in [3.05, 3.63) is 18.0 Å². The van der Waals surface area contributed by atoms with E-state index >= 15 is 0 Å². The van der Waals surface area contributed by atoms with Crippen LogP contribution in [0.1, 0.15) is 5.69 Å². The van der Waals surface area contributed by atoms with Gasteiger partial charge in [-0.15, -0.1) is 0 Å². The van der Waals surface area contributed by atoms with E-state index in [-0.39, 0.29) is 5.95 Å². The van der Waals surface area contributed by atoms with Crippen molar-refractivity contribution in [3.8, 4) is 0 Å². The van der Waals surface area contributed by atoms with Crippen LogP contribution in [0, 0.1) is 0 Å². The van der Waals surface area contributed by atoms with Crippen LogP contribution in [-0.2, 0) is 6.54 Å². The zero-order valence-electron chi connectivity index (χ0n) is 4.91. The quantitative estimate of drug-likeness (QED) is 0.530. The van der Waals surface area contributed by atoms with Crippen LogP contribution in [-0.4, -0.2) is 9.97 Å². The molecule has 1 aromatic heterocycles. The third kappa shape index (κ3) is 1.36. The van der Waals surface area contributed by atoms with Crippen LogP contribution in [0.15, 0.2) is 12.3 Å². The van der Waals surface area contributed by atoms with E-state index in [1.807, 2.05) is 0 Å². The van der Waals surface area contributed by atoms with Gasteiger partial charge in [0.05, 0.1) is 5.69 Å². The highest BCUT2D eigenvalue weighted by atomic mass is 15.0. The summed E-state index contributed by atoms with van der Waals surface area (Å²) in [5.74, 6) is 0.276. The Balaban J connectivity index is 2.94. The molecule has 0 fully saturated rings. The zero-order chi connectivity index (χ0) is 6.69. The molecule has 4 heteroatoms. The lowest BCUT2D eigenvalue weighted by atomic mass is 10.4. The van der Waals surface area contributed by atoms with E-state index in [1.54, 1.807) is 12.3 Å². The molecule has 0 saturated heterocycles. The van der Waals surface area contributed by atoms with Crippen molar-refractivity contribution in [1.82, 2.24) is 9.97 Å². The second-order valence-electron chi connectivity index (χ2n) is 1.61. The smallest absolute Gasteiger partial charge is 0.220 e. The van der Waals surface area contributed by atoms with Crippen molar-refractivity contribution >= 4 is 5.95 Å². The Kier molecular flexibility index (Phi) is 1.60. The molecular formula is C5H8N4. The summed E-state index contributed by atoms with van der Waals surface area (Å²) < 4.78 is 0. The van der Waals surface area contributed by atoms with Gasteiger partial charge in [0.25, 0.3) is 0 Å². The molecule has 0 aliphatic carbocycles. The molecule has 1 aromatic rings. The molecule has 0 bridgehead atoms. The van der Waals surface area contributed by atoms with E-state index in [2.05, 4.69) is 9.97 Å². The maximum atomic E-state index is 5.27. The number of rotatable bonds is 1. The molecular weight excluding hydrogens is 116 g/mol. The Bertz CT molecular complexity index is 198. The molecule has 0 unspecified atom stereocenters. The lowest BCUT2D eigenvalue weighted by Crippen LogP contribution is -2.02. The topological polar surface area (TPSA) is 77.8 Å². The molecule has 0 aromatic carbocycles. The highest BCUT2D eigenvalue weighted by Gasteiger charge is 1.89. The molecule has 0 saturated carbocycles. The van der Waals surface area contributed by atoms with Gasteiger partial charge in [0.2, 0.25) is 5.95 Å². The molecule has 1 rings (SSSR count). The summed E-state index contributed by atoms with van der Waals surface area (Å²) in [7, 11) is 0. The van der Waals surface area contributed by atoms with Gasteiger partial charge in [0.1, 0.15) is 0 Å². The summed E-state index contributed by atoms with van der Waals surface area (Å²) in [6.45, 7) is 0.409. The fourth-order valence-electron chi connectivity index (χ4n) is 0.527.